The molecule has 0 atom stereocenters. The van der Waals surface area contributed by atoms with Gasteiger partial charge in [0.2, 0.25) is 0 Å². The number of rotatable bonds is 4. The molecule has 1 rings (SSSR count). The van der Waals surface area contributed by atoms with Gasteiger partial charge in [-0.25, -0.2) is 4.79 Å². The molecule has 0 spiro atoms. The van der Waals surface area contributed by atoms with Gasteiger partial charge in [-0.2, -0.15) is 4.98 Å². The lowest BCUT2D eigenvalue weighted by Crippen LogP contribution is -2.33. The number of aryl methyl sites for hydroxylation is 1. The molecule has 0 unspecified atom stereocenters. The van der Waals surface area contributed by atoms with E-state index in [-0.39, 0.29) is 16.5 Å². The molecular weight excluding hydrogens is 234 g/mol. The summed E-state index contributed by atoms with van der Waals surface area (Å²) < 4.78 is 1.25. The molecule has 16 heavy (non-hydrogen) atoms. The minimum absolute atomic E-state index is 0.00884. The highest BCUT2D eigenvalue weighted by molar-refractivity contribution is 7.99. The van der Waals surface area contributed by atoms with Crippen molar-refractivity contribution in [3.8, 4) is 0 Å². The summed E-state index contributed by atoms with van der Waals surface area (Å²) in [5.41, 5.74) is -1.73. The molecule has 1 heterocycles. The highest BCUT2D eigenvalue weighted by Gasteiger charge is 2.08. The number of thioether (sulfide) groups is 1. The van der Waals surface area contributed by atoms with E-state index in [2.05, 4.69) is 16.7 Å². The lowest BCUT2D eigenvalue weighted by Gasteiger charge is -2.05. The Bertz CT molecular complexity index is 545. The molecular formula is C8H9N3O4S. The number of carboxylic acid groups (broad SMARTS) is 1. The van der Waals surface area contributed by atoms with Gasteiger partial charge >= 0.3 is 17.1 Å². The number of carbonyl (C=O) groups is 1. The molecule has 8 heteroatoms. The number of aromatic nitrogens is 3. The summed E-state index contributed by atoms with van der Waals surface area (Å²) in [6.45, 7) is 3.33. The van der Waals surface area contributed by atoms with Crippen LogP contribution in [0.2, 0.25) is 0 Å². The Labute approximate surface area is 93.8 Å². The average Bonchev–Trinajstić information content (AvgIpc) is 2.20. The number of aromatic amines is 1. The molecule has 0 aliphatic rings. The molecule has 7 nitrogen and oxygen atoms in total. The number of nitrogens with zero attached hydrogens (tertiary/aromatic N) is 2. The fourth-order valence-electron chi connectivity index (χ4n) is 0.803. The maximum absolute atomic E-state index is 11.0. The molecule has 0 fully saturated rings. The Morgan fingerprint density at radius 3 is 2.81 bits per heavy atom. The van der Waals surface area contributed by atoms with E-state index in [1.54, 1.807) is 0 Å². The van der Waals surface area contributed by atoms with E-state index in [9.17, 15) is 14.4 Å². The Morgan fingerprint density at radius 2 is 2.25 bits per heavy atom. The summed E-state index contributed by atoms with van der Waals surface area (Å²) in [5.74, 6) is -1.02. The minimum atomic E-state index is -1.11. The third-order valence-electron chi connectivity index (χ3n) is 1.63. The van der Waals surface area contributed by atoms with E-state index in [0.717, 1.165) is 11.8 Å². The predicted octanol–water partition coefficient (Wildman–Crippen LogP) is -0.799. The standard InChI is InChI=1S/C8H9N3O4S/c1-4(7(14)15)3-16-8-9-5(12)6(13)10-11(8)2/h1,3H2,2H3,(H,10,13)(H,14,15). The van der Waals surface area contributed by atoms with Crippen LogP contribution in [0.15, 0.2) is 26.9 Å². The molecule has 86 valence electrons. The number of hydrogen-bond acceptors (Lipinski definition) is 5. The van der Waals surface area contributed by atoms with Crippen LogP contribution in [0.25, 0.3) is 0 Å². The number of hydrogen-bond donors (Lipinski definition) is 2. The molecule has 0 saturated heterocycles. The maximum atomic E-state index is 11.0. The molecule has 0 aliphatic heterocycles. The van der Waals surface area contributed by atoms with Crippen LogP contribution in [-0.4, -0.2) is 31.6 Å². The maximum Gasteiger partial charge on any atom is 0.339 e. The first kappa shape index (κ1) is 12.2. The van der Waals surface area contributed by atoms with Crippen molar-refractivity contribution in [2.75, 3.05) is 5.75 Å². The van der Waals surface area contributed by atoms with Gasteiger partial charge in [-0.15, -0.1) is 0 Å². The summed E-state index contributed by atoms with van der Waals surface area (Å²) in [6, 6.07) is 0. The summed E-state index contributed by atoms with van der Waals surface area (Å²) in [7, 11) is 1.50. The number of carboxylic acids is 1. The van der Waals surface area contributed by atoms with Gasteiger partial charge < -0.3 is 5.11 Å². The van der Waals surface area contributed by atoms with E-state index in [1.807, 2.05) is 0 Å². The Balaban J connectivity index is 2.87. The third-order valence-corrected chi connectivity index (χ3v) is 2.74. The van der Waals surface area contributed by atoms with E-state index in [4.69, 9.17) is 5.11 Å². The van der Waals surface area contributed by atoms with Gasteiger partial charge in [-0.1, -0.05) is 18.3 Å². The van der Waals surface area contributed by atoms with Gasteiger partial charge in [-0.3, -0.25) is 19.4 Å². The van der Waals surface area contributed by atoms with E-state index in [1.165, 1.54) is 11.7 Å². The molecule has 0 aliphatic carbocycles. The highest BCUT2D eigenvalue weighted by atomic mass is 32.2. The third kappa shape index (κ3) is 2.83. The van der Waals surface area contributed by atoms with Crippen molar-refractivity contribution in [3.05, 3.63) is 32.9 Å². The molecule has 0 radical (unpaired) electrons. The number of nitrogens with one attached hydrogen (secondary N) is 1. The van der Waals surface area contributed by atoms with Crippen molar-refractivity contribution in [2.45, 2.75) is 5.16 Å². The van der Waals surface area contributed by atoms with Crippen LogP contribution in [0.4, 0.5) is 0 Å². The SMILES string of the molecule is C=C(CSc1nc(=O)c(=O)[nH]n1C)C(=O)O. The van der Waals surface area contributed by atoms with Gasteiger partial charge in [0.05, 0.1) is 0 Å². The highest BCUT2D eigenvalue weighted by Crippen LogP contribution is 2.14. The van der Waals surface area contributed by atoms with E-state index < -0.39 is 17.1 Å². The normalized spacial score (nSPS) is 10.1. The van der Waals surface area contributed by atoms with Crippen molar-refractivity contribution in [3.63, 3.8) is 0 Å². The van der Waals surface area contributed by atoms with Crippen molar-refractivity contribution < 1.29 is 9.90 Å². The summed E-state index contributed by atoms with van der Waals surface area (Å²) in [6.07, 6.45) is 0. The van der Waals surface area contributed by atoms with Gasteiger partial charge in [0.15, 0.2) is 5.16 Å². The Morgan fingerprint density at radius 1 is 1.62 bits per heavy atom. The zero-order valence-corrected chi connectivity index (χ0v) is 9.21. The Kier molecular flexibility index (Phi) is 3.67. The number of aliphatic carboxylic acids is 1. The van der Waals surface area contributed by atoms with Gasteiger partial charge in [0.25, 0.3) is 0 Å². The summed E-state index contributed by atoms with van der Waals surface area (Å²) in [5, 5.41) is 11.0. The van der Waals surface area contributed by atoms with Crippen molar-refractivity contribution in [2.24, 2.45) is 7.05 Å². The van der Waals surface area contributed by atoms with Gasteiger partial charge in [0, 0.05) is 18.4 Å². The second kappa shape index (κ2) is 4.79. The Hall–Kier alpha value is -1.83. The second-order valence-corrected chi connectivity index (χ2v) is 3.84. The minimum Gasteiger partial charge on any atom is -0.478 e. The van der Waals surface area contributed by atoms with Crippen LogP contribution >= 0.6 is 11.8 Å². The van der Waals surface area contributed by atoms with Crippen LogP contribution in [-0.2, 0) is 11.8 Å². The van der Waals surface area contributed by atoms with Crippen LogP contribution in [0.3, 0.4) is 0 Å². The molecule has 0 saturated carbocycles. The molecule has 2 N–H and O–H groups in total. The molecule has 1 aromatic heterocycles. The van der Waals surface area contributed by atoms with Crippen LogP contribution in [0.1, 0.15) is 0 Å². The van der Waals surface area contributed by atoms with E-state index in [0.29, 0.717) is 0 Å². The predicted molar refractivity (Wildman–Crippen MR) is 57.6 cm³/mol. The lowest BCUT2D eigenvalue weighted by molar-refractivity contribution is -0.132. The smallest absolute Gasteiger partial charge is 0.339 e. The number of H-pyrrole nitrogens is 1. The van der Waals surface area contributed by atoms with Gasteiger partial charge in [0.1, 0.15) is 0 Å². The average molecular weight is 243 g/mol. The van der Waals surface area contributed by atoms with Crippen LogP contribution < -0.4 is 11.1 Å². The zero-order chi connectivity index (χ0) is 12.3. The topological polar surface area (TPSA) is 105 Å². The van der Waals surface area contributed by atoms with Crippen molar-refractivity contribution >= 4 is 17.7 Å². The van der Waals surface area contributed by atoms with Crippen molar-refractivity contribution in [1.29, 1.82) is 0 Å². The molecule has 0 bridgehead atoms. The molecule has 0 amide bonds. The first-order valence-electron chi connectivity index (χ1n) is 4.13. The fraction of sp³-hybridized carbons (Fsp3) is 0.250. The largest absolute Gasteiger partial charge is 0.478 e. The summed E-state index contributed by atoms with van der Waals surface area (Å²) in [4.78, 5) is 35.8. The first-order valence-corrected chi connectivity index (χ1v) is 5.11. The van der Waals surface area contributed by atoms with Crippen LogP contribution in [0.5, 0.6) is 0 Å². The van der Waals surface area contributed by atoms with Crippen molar-refractivity contribution in [1.82, 2.24) is 14.8 Å². The molecule has 0 aromatic carbocycles. The quantitative estimate of drug-likeness (QED) is 0.407. The first-order chi connectivity index (χ1) is 7.41. The lowest BCUT2D eigenvalue weighted by atomic mass is 10.4. The van der Waals surface area contributed by atoms with E-state index >= 15 is 0 Å². The van der Waals surface area contributed by atoms with Gasteiger partial charge in [-0.05, 0) is 0 Å². The van der Waals surface area contributed by atoms with Crippen LogP contribution in [0, 0.1) is 0 Å². The summed E-state index contributed by atoms with van der Waals surface area (Å²) >= 11 is 1.01. The molecule has 1 aromatic rings. The monoisotopic (exact) mass is 243 g/mol. The second-order valence-electron chi connectivity index (χ2n) is 2.90. The zero-order valence-electron chi connectivity index (χ0n) is 8.39. The fourth-order valence-corrected chi connectivity index (χ4v) is 1.62.